The number of fused-ring (bicyclic) bond motifs is 1. The number of benzene rings is 2. The van der Waals surface area contributed by atoms with Crippen molar-refractivity contribution in [1.29, 1.82) is 0 Å². The van der Waals surface area contributed by atoms with Crippen LogP contribution in [-0.2, 0) is 27.2 Å². The van der Waals surface area contributed by atoms with Crippen LogP contribution in [0.3, 0.4) is 0 Å². The van der Waals surface area contributed by atoms with Gasteiger partial charge in [-0.05, 0) is 68.1 Å². The Bertz CT molecular complexity index is 1050. The van der Waals surface area contributed by atoms with Crippen molar-refractivity contribution in [2.24, 2.45) is 11.3 Å². The molecule has 35 heavy (non-hydrogen) atoms. The van der Waals surface area contributed by atoms with E-state index >= 15 is 0 Å². The van der Waals surface area contributed by atoms with Crippen LogP contribution < -0.4 is 10.2 Å². The maximum absolute atomic E-state index is 13.7. The molecule has 1 saturated carbocycles. The summed E-state index contributed by atoms with van der Waals surface area (Å²) in [4.78, 5) is 40.0. The van der Waals surface area contributed by atoms with E-state index in [4.69, 9.17) is 0 Å². The first-order chi connectivity index (χ1) is 16.9. The number of aliphatic carboxylic acids is 1. The van der Waals surface area contributed by atoms with E-state index in [1.807, 2.05) is 24.3 Å². The number of carbonyl (C=O) groups is 3. The van der Waals surface area contributed by atoms with Crippen LogP contribution in [0.25, 0.3) is 0 Å². The highest BCUT2D eigenvalue weighted by molar-refractivity contribution is 6.03. The van der Waals surface area contributed by atoms with E-state index in [0.29, 0.717) is 24.4 Å². The lowest BCUT2D eigenvalue weighted by Crippen LogP contribution is -2.53. The number of hydrogen-bond donors (Lipinski definition) is 2. The number of amides is 2. The molecule has 0 aromatic heterocycles. The average molecular weight is 477 g/mol. The average Bonchev–Trinajstić information content (AvgIpc) is 3.29. The zero-order chi connectivity index (χ0) is 24.8. The normalized spacial score (nSPS) is 20.1. The molecule has 4 rings (SSSR count). The highest BCUT2D eigenvalue weighted by Crippen LogP contribution is 2.44. The fourth-order valence-corrected chi connectivity index (χ4v) is 5.86. The lowest BCUT2D eigenvalue weighted by Gasteiger charge is -2.33. The van der Waals surface area contributed by atoms with Crippen molar-refractivity contribution in [3.8, 4) is 0 Å². The fraction of sp³-hybridized carbons (Fsp3) is 0.483. The second kappa shape index (κ2) is 11.1. The molecule has 0 radical (unpaired) electrons. The summed E-state index contributed by atoms with van der Waals surface area (Å²) in [6.07, 6.45) is 7.63. The maximum Gasteiger partial charge on any atom is 0.323 e. The minimum atomic E-state index is -1.07. The Morgan fingerprint density at radius 1 is 1.09 bits per heavy atom. The Kier molecular flexibility index (Phi) is 7.89. The third-order valence-corrected chi connectivity index (χ3v) is 7.70. The van der Waals surface area contributed by atoms with Crippen LogP contribution in [0, 0.1) is 11.3 Å². The summed E-state index contributed by atoms with van der Waals surface area (Å²) < 4.78 is 0. The van der Waals surface area contributed by atoms with Crippen molar-refractivity contribution in [1.82, 2.24) is 5.32 Å². The van der Waals surface area contributed by atoms with E-state index < -0.39 is 24.0 Å². The number of rotatable bonds is 9. The lowest BCUT2D eigenvalue weighted by atomic mass is 9.75. The SMILES string of the molecule is CC(CCc1ccccc1)CC1(C(=O)NC2CCc3ccccc3N(CC(=O)O)C2=O)CCCC1. The molecule has 1 aliphatic heterocycles. The van der Waals surface area contributed by atoms with Gasteiger partial charge >= 0.3 is 5.97 Å². The smallest absolute Gasteiger partial charge is 0.323 e. The lowest BCUT2D eigenvalue weighted by molar-refractivity contribution is -0.137. The number of hydrogen-bond acceptors (Lipinski definition) is 3. The summed E-state index contributed by atoms with van der Waals surface area (Å²) in [7, 11) is 0. The van der Waals surface area contributed by atoms with Gasteiger partial charge in [-0.25, -0.2) is 0 Å². The second-order valence-corrected chi connectivity index (χ2v) is 10.3. The van der Waals surface area contributed by atoms with Gasteiger partial charge in [0.25, 0.3) is 0 Å². The van der Waals surface area contributed by atoms with Crippen LogP contribution in [0.1, 0.15) is 63.0 Å². The third-order valence-electron chi connectivity index (χ3n) is 7.70. The van der Waals surface area contributed by atoms with E-state index in [1.165, 1.54) is 10.5 Å². The van der Waals surface area contributed by atoms with Crippen LogP contribution in [0.2, 0.25) is 0 Å². The van der Waals surface area contributed by atoms with Gasteiger partial charge in [-0.1, -0.05) is 68.3 Å². The number of para-hydroxylation sites is 1. The van der Waals surface area contributed by atoms with Gasteiger partial charge in [0.15, 0.2) is 0 Å². The van der Waals surface area contributed by atoms with Crippen molar-refractivity contribution in [2.75, 3.05) is 11.4 Å². The molecule has 6 nitrogen and oxygen atoms in total. The van der Waals surface area contributed by atoms with Crippen molar-refractivity contribution in [3.05, 3.63) is 65.7 Å². The topological polar surface area (TPSA) is 86.7 Å². The summed E-state index contributed by atoms with van der Waals surface area (Å²) in [6.45, 7) is 1.81. The number of carboxylic acid groups (broad SMARTS) is 1. The quantitative estimate of drug-likeness (QED) is 0.547. The molecule has 2 unspecified atom stereocenters. The third kappa shape index (κ3) is 5.92. The molecule has 0 saturated heterocycles. The van der Waals surface area contributed by atoms with Crippen LogP contribution in [0.4, 0.5) is 5.69 Å². The van der Waals surface area contributed by atoms with Gasteiger partial charge in [0, 0.05) is 11.1 Å². The van der Waals surface area contributed by atoms with Gasteiger partial charge in [-0.15, -0.1) is 0 Å². The van der Waals surface area contributed by atoms with Gasteiger partial charge in [-0.2, -0.15) is 0 Å². The van der Waals surface area contributed by atoms with Crippen LogP contribution in [0.5, 0.6) is 0 Å². The monoisotopic (exact) mass is 476 g/mol. The molecule has 1 aliphatic carbocycles. The molecular weight excluding hydrogens is 440 g/mol. The number of nitrogens with zero attached hydrogens (tertiary/aromatic N) is 1. The molecule has 6 heteroatoms. The summed E-state index contributed by atoms with van der Waals surface area (Å²) in [6, 6.07) is 17.1. The molecule has 2 aliphatic rings. The standard InChI is InChI=1S/C29H36N2O4/c1-21(13-14-22-9-3-2-4-10-22)19-29(17-7-8-18-29)28(35)30-24-16-15-23-11-5-6-12-25(23)31(27(24)34)20-26(32)33/h2-6,9-12,21,24H,7-8,13-20H2,1H3,(H,30,35)(H,32,33). The molecule has 2 aromatic carbocycles. The first kappa shape index (κ1) is 25.0. The molecule has 1 fully saturated rings. The van der Waals surface area contributed by atoms with Crippen molar-refractivity contribution >= 4 is 23.5 Å². The Morgan fingerprint density at radius 3 is 2.49 bits per heavy atom. The summed E-state index contributed by atoms with van der Waals surface area (Å²) in [5, 5.41) is 12.5. The molecule has 0 bridgehead atoms. The second-order valence-electron chi connectivity index (χ2n) is 10.3. The zero-order valence-electron chi connectivity index (χ0n) is 20.5. The van der Waals surface area contributed by atoms with Gasteiger partial charge < -0.3 is 10.4 Å². The Balaban J connectivity index is 1.46. The number of aryl methyl sites for hydroxylation is 2. The van der Waals surface area contributed by atoms with Crippen LogP contribution in [-0.4, -0.2) is 35.5 Å². The number of anilines is 1. The fourth-order valence-electron chi connectivity index (χ4n) is 5.86. The molecule has 2 amide bonds. The van der Waals surface area contributed by atoms with E-state index in [0.717, 1.165) is 50.5 Å². The number of carboxylic acids is 1. The number of nitrogens with one attached hydrogen (secondary N) is 1. The van der Waals surface area contributed by atoms with Crippen molar-refractivity contribution in [2.45, 2.75) is 70.8 Å². The maximum atomic E-state index is 13.7. The predicted octanol–water partition coefficient (Wildman–Crippen LogP) is 4.75. The first-order valence-corrected chi connectivity index (χ1v) is 12.8. The van der Waals surface area contributed by atoms with Crippen molar-refractivity contribution < 1.29 is 19.5 Å². The summed E-state index contributed by atoms with van der Waals surface area (Å²) in [5.41, 5.74) is 2.42. The first-order valence-electron chi connectivity index (χ1n) is 12.8. The highest BCUT2D eigenvalue weighted by Gasteiger charge is 2.44. The highest BCUT2D eigenvalue weighted by atomic mass is 16.4. The van der Waals surface area contributed by atoms with Crippen molar-refractivity contribution in [3.63, 3.8) is 0 Å². The zero-order valence-corrected chi connectivity index (χ0v) is 20.5. The molecule has 2 aromatic rings. The van der Waals surface area contributed by atoms with Gasteiger partial charge in [0.2, 0.25) is 11.8 Å². The molecule has 2 N–H and O–H groups in total. The van der Waals surface area contributed by atoms with E-state index in [-0.39, 0.29) is 11.8 Å². The molecule has 2 atom stereocenters. The van der Waals surface area contributed by atoms with E-state index in [9.17, 15) is 19.5 Å². The Labute approximate surface area is 207 Å². The molecular formula is C29H36N2O4. The van der Waals surface area contributed by atoms with E-state index in [2.05, 4.69) is 36.5 Å². The van der Waals surface area contributed by atoms with E-state index in [1.54, 1.807) is 6.07 Å². The Morgan fingerprint density at radius 2 is 1.77 bits per heavy atom. The molecule has 1 heterocycles. The van der Waals surface area contributed by atoms with Gasteiger partial charge in [0.05, 0.1) is 0 Å². The minimum Gasteiger partial charge on any atom is -0.480 e. The van der Waals surface area contributed by atoms with Gasteiger partial charge in [-0.3, -0.25) is 19.3 Å². The summed E-state index contributed by atoms with van der Waals surface area (Å²) in [5.74, 6) is -1.06. The Hall–Kier alpha value is -3.15. The summed E-state index contributed by atoms with van der Waals surface area (Å²) >= 11 is 0. The number of carbonyl (C=O) groups excluding carboxylic acids is 2. The molecule has 186 valence electrons. The molecule has 0 spiro atoms. The van der Waals surface area contributed by atoms with Crippen LogP contribution >= 0.6 is 0 Å². The van der Waals surface area contributed by atoms with Gasteiger partial charge in [0.1, 0.15) is 12.6 Å². The minimum absolute atomic E-state index is 0.0406. The van der Waals surface area contributed by atoms with Crippen LogP contribution in [0.15, 0.2) is 54.6 Å². The largest absolute Gasteiger partial charge is 0.480 e. The predicted molar refractivity (Wildman–Crippen MR) is 136 cm³/mol.